The molecule has 0 amide bonds. The zero-order valence-electron chi connectivity index (χ0n) is 10.0. The second kappa shape index (κ2) is 6.30. The topological polar surface area (TPSA) is 69.4 Å². The molecular weight excluding hydrogens is 238 g/mol. The van der Waals surface area contributed by atoms with E-state index < -0.39 is 0 Å². The minimum Gasteiger partial charge on any atom is -0.381 e. The molecule has 0 bridgehead atoms. The number of ether oxygens (including phenoxy) is 2. The molecule has 1 saturated carbocycles. The fourth-order valence-corrected chi connectivity index (χ4v) is 2.75. The Labute approximate surface area is 105 Å². The largest absolute Gasteiger partial charge is 0.381 e. The Kier molecular flexibility index (Phi) is 4.73. The van der Waals surface area contributed by atoms with Crippen LogP contribution in [0.1, 0.15) is 30.6 Å². The maximum Gasteiger partial charge on any atom is 0.197 e. The minimum absolute atomic E-state index is 0.310. The van der Waals surface area contributed by atoms with Crippen molar-refractivity contribution < 1.29 is 9.47 Å². The van der Waals surface area contributed by atoms with Gasteiger partial charge in [0, 0.05) is 13.3 Å². The summed E-state index contributed by atoms with van der Waals surface area (Å²) in [6, 6.07) is 0. The van der Waals surface area contributed by atoms with Crippen molar-refractivity contribution in [1.82, 2.24) is 4.98 Å². The summed E-state index contributed by atoms with van der Waals surface area (Å²) in [4.78, 5) is 5.20. The number of hydrogen-bond acceptors (Lipinski definition) is 6. The first-order valence-electron chi connectivity index (χ1n) is 5.87. The lowest BCUT2D eigenvalue weighted by molar-refractivity contribution is -0.0356. The van der Waals surface area contributed by atoms with Crippen molar-refractivity contribution in [3.05, 3.63) is 11.1 Å². The molecule has 2 atom stereocenters. The number of nitrogen functional groups attached to an aromatic ring is 1. The van der Waals surface area contributed by atoms with Gasteiger partial charge in [-0.05, 0) is 25.7 Å². The number of rotatable bonds is 5. The van der Waals surface area contributed by atoms with Gasteiger partial charge in [-0.15, -0.1) is 0 Å². The average Bonchev–Trinajstić information content (AvgIpc) is 2.84. The van der Waals surface area contributed by atoms with E-state index in [1.165, 1.54) is 17.8 Å². The molecule has 2 rings (SSSR count). The highest BCUT2D eigenvalue weighted by Crippen LogP contribution is 2.25. The van der Waals surface area contributed by atoms with Crippen LogP contribution in [0.3, 0.4) is 0 Å². The summed E-state index contributed by atoms with van der Waals surface area (Å²) < 4.78 is 11.3. The smallest absolute Gasteiger partial charge is 0.197 e. The van der Waals surface area contributed by atoms with E-state index in [-0.39, 0.29) is 0 Å². The van der Waals surface area contributed by atoms with E-state index in [4.69, 9.17) is 15.3 Å². The maximum absolute atomic E-state index is 5.88. The van der Waals surface area contributed by atoms with Crippen molar-refractivity contribution in [1.29, 1.82) is 0 Å². The van der Waals surface area contributed by atoms with Crippen LogP contribution in [0, 0.1) is 0 Å². The van der Waals surface area contributed by atoms with Crippen LogP contribution in [0.25, 0.3) is 0 Å². The molecule has 5 nitrogen and oxygen atoms in total. The van der Waals surface area contributed by atoms with E-state index in [9.17, 15) is 0 Å². The molecule has 0 aromatic carbocycles. The molecule has 96 valence electrons. The van der Waals surface area contributed by atoms with Gasteiger partial charge < -0.3 is 9.47 Å². The summed E-state index contributed by atoms with van der Waals surface area (Å²) >= 11 is 1.52. The van der Waals surface area contributed by atoms with Crippen LogP contribution in [0.2, 0.25) is 0 Å². The molecule has 0 aliphatic heterocycles. The number of nitrogens with one attached hydrogen (secondary N) is 1. The number of nitrogens with zero attached hydrogens (tertiary/aromatic N) is 1. The third-order valence-corrected chi connectivity index (χ3v) is 3.95. The molecule has 2 unspecified atom stereocenters. The van der Waals surface area contributed by atoms with Crippen molar-refractivity contribution in [2.24, 2.45) is 5.84 Å². The molecule has 1 fully saturated rings. The number of methoxy groups -OCH3 is 1. The lowest BCUT2D eigenvalue weighted by Gasteiger charge is -2.27. The first-order valence-corrected chi connectivity index (χ1v) is 6.69. The minimum atomic E-state index is 0.310. The molecule has 3 N–H and O–H groups in total. The molecule has 6 heteroatoms. The Morgan fingerprint density at radius 1 is 1.53 bits per heavy atom. The van der Waals surface area contributed by atoms with Gasteiger partial charge in [-0.1, -0.05) is 11.3 Å². The van der Waals surface area contributed by atoms with Crippen LogP contribution in [-0.2, 0) is 16.1 Å². The first kappa shape index (κ1) is 12.8. The molecule has 1 aromatic rings. The van der Waals surface area contributed by atoms with Crippen LogP contribution in [0.5, 0.6) is 0 Å². The Morgan fingerprint density at radius 2 is 2.35 bits per heavy atom. The molecule has 17 heavy (non-hydrogen) atoms. The standard InChI is InChI=1S/C11H19N3O2S/c1-15-8-3-2-4-9(5-8)16-7-10-6-13-11(14-12)17-10/h6,8-9H,2-5,7,12H2,1H3,(H,13,14). The summed E-state index contributed by atoms with van der Waals surface area (Å²) in [7, 11) is 1.77. The molecular formula is C11H19N3O2S. The SMILES string of the molecule is COC1CCCC(OCc2cnc(NN)s2)C1. The molecule has 0 radical (unpaired) electrons. The molecule has 1 heterocycles. The van der Waals surface area contributed by atoms with Crippen molar-refractivity contribution in [2.75, 3.05) is 12.5 Å². The lowest BCUT2D eigenvalue weighted by atomic mass is 9.95. The number of nitrogens with two attached hydrogens (primary N) is 1. The summed E-state index contributed by atoms with van der Waals surface area (Å²) in [6.07, 6.45) is 6.93. The summed E-state index contributed by atoms with van der Waals surface area (Å²) in [5.74, 6) is 5.28. The molecule has 1 aliphatic carbocycles. The number of hydrogen-bond donors (Lipinski definition) is 2. The van der Waals surface area contributed by atoms with E-state index in [1.807, 2.05) is 0 Å². The van der Waals surface area contributed by atoms with E-state index in [0.29, 0.717) is 18.8 Å². The van der Waals surface area contributed by atoms with Crippen molar-refractivity contribution in [2.45, 2.75) is 44.5 Å². The molecule has 1 aromatic heterocycles. The zero-order chi connectivity index (χ0) is 12.1. The van der Waals surface area contributed by atoms with Crippen LogP contribution >= 0.6 is 11.3 Å². The van der Waals surface area contributed by atoms with Gasteiger partial charge in [-0.25, -0.2) is 10.8 Å². The first-order chi connectivity index (χ1) is 8.31. The van der Waals surface area contributed by atoms with Crippen LogP contribution in [-0.4, -0.2) is 24.3 Å². The third-order valence-electron chi connectivity index (χ3n) is 3.05. The highest BCUT2D eigenvalue weighted by molar-refractivity contribution is 7.15. The highest BCUT2D eigenvalue weighted by Gasteiger charge is 2.22. The predicted molar refractivity (Wildman–Crippen MR) is 67.8 cm³/mol. The average molecular weight is 257 g/mol. The maximum atomic E-state index is 5.88. The van der Waals surface area contributed by atoms with E-state index in [2.05, 4.69) is 10.4 Å². The summed E-state index contributed by atoms with van der Waals surface area (Å²) in [5.41, 5.74) is 2.53. The highest BCUT2D eigenvalue weighted by atomic mass is 32.1. The zero-order valence-corrected chi connectivity index (χ0v) is 10.8. The Bertz CT molecular complexity index is 345. The number of anilines is 1. The van der Waals surface area contributed by atoms with Gasteiger partial charge in [0.2, 0.25) is 0 Å². The van der Waals surface area contributed by atoms with Crippen LogP contribution < -0.4 is 11.3 Å². The normalized spacial score (nSPS) is 24.8. The van der Waals surface area contributed by atoms with Gasteiger partial charge in [0.1, 0.15) is 0 Å². The monoisotopic (exact) mass is 257 g/mol. The number of aromatic nitrogens is 1. The van der Waals surface area contributed by atoms with Gasteiger partial charge in [0.25, 0.3) is 0 Å². The third kappa shape index (κ3) is 3.64. The Morgan fingerprint density at radius 3 is 3.06 bits per heavy atom. The second-order valence-electron chi connectivity index (χ2n) is 4.23. The number of thiazole rings is 1. The van der Waals surface area contributed by atoms with Gasteiger partial charge in [-0.3, -0.25) is 5.43 Å². The second-order valence-corrected chi connectivity index (χ2v) is 5.35. The van der Waals surface area contributed by atoms with Gasteiger partial charge in [0.15, 0.2) is 5.13 Å². The number of hydrazine groups is 1. The molecule has 0 saturated heterocycles. The fourth-order valence-electron chi connectivity index (χ4n) is 2.11. The summed E-state index contributed by atoms with van der Waals surface area (Å²) in [6.45, 7) is 0.612. The van der Waals surface area contributed by atoms with Gasteiger partial charge >= 0.3 is 0 Å². The lowest BCUT2D eigenvalue weighted by Crippen LogP contribution is -2.27. The Balaban J connectivity index is 1.77. The van der Waals surface area contributed by atoms with E-state index >= 15 is 0 Å². The van der Waals surface area contributed by atoms with E-state index in [0.717, 1.165) is 29.3 Å². The van der Waals surface area contributed by atoms with Crippen LogP contribution in [0.15, 0.2) is 6.20 Å². The van der Waals surface area contributed by atoms with Crippen molar-refractivity contribution in [3.63, 3.8) is 0 Å². The van der Waals surface area contributed by atoms with E-state index in [1.54, 1.807) is 13.3 Å². The van der Waals surface area contributed by atoms with Gasteiger partial charge in [0.05, 0.1) is 23.7 Å². The molecule has 1 aliphatic rings. The van der Waals surface area contributed by atoms with Crippen molar-refractivity contribution in [3.8, 4) is 0 Å². The van der Waals surface area contributed by atoms with Crippen molar-refractivity contribution >= 4 is 16.5 Å². The van der Waals surface area contributed by atoms with Gasteiger partial charge in [-0.2, -0.15) is 0 Å². The quantitative estimate of drug-likeness (QED) is 0.623. The fraction of sp³-hybridized carbons (Fsp3) is 0.727. The van der Waals surface area contributed by atoms with Crippen LogP contribution in [0.4, 0.5) is 5.13 Å². The predicted octanol–water partition coefficient (Wildman–Crippen LogP) is 1.90. The Hall–Kier alpha value is -0.690. The molecule has 0 spiro atoms. The summed E-state index contributed by atoms with van der Waals surface area (Å²) in [5, 5.41) is 0.724.